The third kappa shape index (κ3) is 2.82. The van der Waals surface area contributed by atoms with E-state index in [9.17, 15) is 10.1 Å². The highest BCUT2D eigenvalue weighted by atomic mass is 16.6. The van der Waals surface area contributed by atoms with Crippen LogP contribution in [-0.4, -0.2) is 22.9 Å². The van der Waals surface area contributed by atoms with Crippen LogP contribution in [0.15, 0.2) is 18.2 Å². The number of non-ortho nitro benzene ring substituents is 1. The Morgan fingerprint density at radius 2 is 2.24 bits per heavy atom. The van der Waals surface area contributed by atoms with Crippen LogP contribution in [0.4, 0.5) is 5.69 Å². The monoisotopic (exact) mass is 234 g/mol. The van der Waals surface area contributed by atoms with E-state index in [1.54, 1.807) is 12.1 Å². The molecule has 0 fully saturated rings. The van der Waals surface area contributed by atoms with Crippen LogP contribution in [0, 0.1) is 10.1 Å². The molecule has 0 amide bonds. The molecule has 1 aromatic rings. The van der Waals surface area contributed by atoms with Gasteiger partial charge in [0.25, 0.3) is 5.69 Å². The largest absolute Gasteiger partial charge is 0.299 e. The van der Waals surface area contributed by atoms with Gasteiger partial charge in [0.2, 0.25) is 0 Å². The summed E-state index contributed by atoms with van der Waals surface area (Å²) in [5, 5.41) is 10.7. The van der Waals surface area contributed by atoms with E-state index in [-0.39, 0.29) is 10.6 Å². The summed E-state index contributed by atoms with van der Waals surface area (Å²) in [7, 11) is 0. The fourth-order valence-corrected chi connectivity index (χ4v) is 2.29. The Bertz CT molecular complexity index is 418. The van der Waals surface area contributed by atoms with E-state index in [0.29, 0.717) is 0 Å². The molecule has 0 bridgehead atoms. The minimum atomic E-state index is -0.314. The van der Waals surface area contributed by atoms with Gasteiger partial charge in [-0.25, -0.2) is 0 Å². The van der Waals surface area contributed by atoms with Gasteiger partial charge in [0.05, 0.1) is 4.92 Å². The second-order valence-electron chi connectivity index (χ2n) is 4.59. The van der Waals surface area contributed by atoms with E-state index in [1.807, 2.05) is 6.07 Å². The molecule has 4 heteroatoms. The summed E-state index contributed by atoms with van der Waals surface area (Å²) in [6.45, 7) is 5.21. The van der Waals surface area contributed by atoms with Gasteiger partial charge in [0.1, 0.15) is 0 Å². The Morgan fingerprint density at radius 3 is 2.94 bits per heavy atom. The number of nitro benzene ring substituents is 1. The van der Waals surface area contributed by atoms with Crippen LogP contribution < -0.4 is 0 Å². The molecule has 0 spiro atoms. The van der Waals surface area contributed by atoms with Gasteiger partial charge >= 0.3 is 0 Å². The Hall–Kier alpha value is -1.42. The lowest BCUT2D eigenvalue weighted by molar-refractivity contribution is -0.385. The van der Waals surface area contributed by atoms with Crippen molar-refractivity contribution in [2.45, 2.75) is 32.7 Å². The van der Waals surface area contributed by atoms with Gasteiger partial charge in [-0.15, -0.1) is 0 Å². The molecule has 0 saturated carbocycles. The van der Waals surface area contributed by atoms with Gasteiger partial charge in [-0.1, -0.05) is 19.4 Å². The molecule has 0 saturated heterocycles. The van der Waals surface area contributed by atoms with Gasteiger partial charge in [-0.2, -0.15) is 0 Å². The molecule has 0 aromatic heterocycles. The molecule has 1 aromatic carbocycles. The van der Waals surface area contributed by atoms with Crippen molar-refractivity contribution in [2.24, 2.45) is 0 Å². The first kappa shape index (κ1) is 12.0. The zero-order valence-electron chi connectivity index (χ0n) is 10.2. The van der Waals surface area contributed by atoms with Crippen LogP contribution in [-0.2, 0) is 13.0 Å². The molecular formula is C13H18N2O2. The van der Waals surface area contributed by atoms with Crippen LogP contribution in [0.2, 0.25) is 0 Å². The Balaban J connectivity index is 2.12. The highest BCUT2D eigenvalue weighted by Gasteiger charge is 2.18. The quantitative estimate of drug-likeness (QED) is 0.594. The van der Waals surface area contributed by atoms with Crippen molar-refractivity contribution >= 4 is 5.69 Å². The van der Waals surface area contributed by atoms with E-state index in [2.05, 4.69) is 11.8 Å². The smallest absolute Gasteiger partial charge is 0.269 e. The summed E-state index contributed by atoms with van der Waals surface area (Å²) < 4.78 is 0. The normalized spacial score (nSPS) is 15.6. The van der Waals surface area contributed by atoms with Crippen LogP contribution >= 0.6 is 0 Å². The molecule has 1 heterocycles. The minimum Gasteiger partial charge on any atom is -0.299 e. The maximum absolute atomic E-state index is 10.7. The fourth-order valence-electron chi connectivity index (χ4n) is 2.29. The molecule has 4 nitrogen and oxygen atoms in total. The SMILES string of the molecule is CCCCN1CCc2ccc([N+](=O)[O-])cc2C1. The second kappa shape index (κ2) is 5.27. The predicted molar refractivity (Wildman–Crippen MR) is 67.0 cm³/mol. The maximum Gasteiger partial charge on any atom is 0.269 e. The summed E-state index contributed by atoms with van der Waals surface area (Å²) >= 11 is 0. The van der Waals surface area contributed by atoms with Crippen molar-refractivity contribution in [2.75, 3.05) is 13.1 Å². The van der Waals surface area contributed by atoms with E-state index in [4.69, 9.17) is 0 Å². The highest BCUT2D eigenvalue weighted by Crippen LogP contribution is 2.23. The minimum absolute atomic E-state index is 0.209. The Morgan fingerprint density at radius 1 is 1.41 bits per heavy atom. The van der Waals surface area contributed by atoms with Crippen molar-refractivity contribution < 1.29 is 4.92 Å². The molecule has 1 aliphatic heterocycles. The first-order chi connectivity index (χ1) is 8.20. The first-order valence-corrected chi connectivity index (χ1v) is 6.19. The number of hydrogen-bond acceptors (Lipinski definition) is 3. The van der Waals surface area contributed by atoms with Gasteiger partial charge in [-0.05, 0) is 30.5 Å². The number of rotatable bonds is 4. The molecule has 2 rings (SSSR count). The van der Waals surface area contributed by atoms with Crippen molar-refractivity contribution in [3.05, 3.63) is 39.4 Å². The Kier molecular flexibility index (Phi) is 3.74. The molecule has 0 aliphatic carbocycles. The first-order valence-electron chi connectivity index (χ1n) is 6.19. The molecule has 17 heavy (non-hydrogen) atoms. The van der Waals surface area contributed by atoms with E-state index in [1.165, 1.54) is 18.4 Å². The summed E-state index contributed by atoms with van der Waals surface area (Å²) in [6, 6.07) is 5.25. The number of nitrogens with zero attached hydrogens (tertiary/aromatic N) is 2. The fraction of sp³-hybridized carbons (Fsp3) is 0.538. The summed E-state index contributed by atoms with van der Waals surface area (Å²) in [4.78, 5) is 12.8. The standard InChI is InChI=1S/C13H18N2O2/c1-2-3-7-14-8-6-11-4-5-13(15(16)17)9-12(11)10-14/h4-5,9H,2-3,6-8,10H2,1H3. The number of unbranched alkanes of at least 4 members (excludes halogenated alkanes) is 1. The van der Waals surface area contributed by atoms with Crippen molar-refractivity contribution in [3.8, 4) is 0 Å². The summed E-state index contributed by atoms with van der Waals surface area (Å²) in [5.74, 6) is 0. The zero-order valence-corrected chi connectivity index (χ0v) is 10.2. The number of benzene rings is 1. The van der Waals surface area contributed by atoms with E-state index >= 15 is 0 Å². The molecule has 92 valence electrons. The van der Waals surface area contributed by atoms with Crippen molar-refractivity contribution in [3.63, 3.8) is 0 Å². The van der Waals surface area contributed by atoms with Gasteiger partial charge in [-0.3, -0.25) is 15.0 Å². The van der Waals surface area contributed by atoms with E-state index in [0.717, 1.165) is 31.6 Å². The summed E-state index contributed by atoms with van der Waals surface area (Å²) in [6.07, 6.45) is 3.40. The lowest BCUT2D eigenvalue weighted by Crippen LogP contribution is -2.31. The highest BCUT2D eigenvalue weighted by molar-refractivity contribution is 5.40. The Labute approximate surface area is 101 Å². The van der Waals surface area contributed by atoms with Crippen LogP contribution in [0.25, 0.3) is 0 Å². The summed E-state index contributed by atoms with van der Waals surface area (Å²) in [5.41, 5.74) is 2.60. The predicted octanol–water partition coefficient (Wildman–Crippen LogP) is 2.75. The molecule has 0 radical (unpaired) electrons. The third-order valence-corrected chi connectivity index (χ3v) is 3.32. The lowest BCUT2D eigenvalue weighted by atomic mass is 9.99. The second-order valence-corrected chi connectivity index (χ2v) is 4.59. The molecule has 0 atom stereocenters. The van der Waals surface area contributed by atoms with Crippen molar-refractivity contribution in [1.82, 2.24) is 4.90 Å². The number of fused-ring (bicyclic) bond motifs is 1. The molecule has 0 N–H and O–H groups in total. The number of hydrogen-bond donors (Lipinski definition) is 0. The zero-order chi connectivity index (χ0) is 12.3. The van der Waals surface area contributed by atoms with Crippen LogP contribution in [0.1, 0.15) is 30.9 Å². The third-order valence-electron chi connectivity index (χ3n) is 3.32. The van der Waals surface area contributed by atoms with Gasteiger partial charge in [0, 0.05) is 25.2 Å². The lowest BCUT2D eigenvalue weighted by Gasteiger charge is -2.28. The van der Waals surface area contributed by atoms with Crippen molar-refractivity contribution in [1.29, 1.82) is 0 Å². The molecular weight excluding hydrogens is 216 g/mol. The van der Waals surface area contributed by atoms with Crippen LogP contribution in [0.5, 0.6) is 0 Å². The maximum atomic E-state index is 10.7. The van der Waals surface area contributed by atoms with Gasteiger partial charge < -0.3 is 0 Å². The molecule has 1 aliphatic rings. The van der Waals surface area contributed by atoms with E-state index < -0.39 is 0 Å². The molecule has 0 unspecified atom stereocenters. The topological polar surface area (TPSA) is 46.4 Å². The average Bonchev–Trinajstić information content (AvgIpc) is 2.35. The number of nitro groups is 1. The van der Waals surface area contributed by atoms with Crippen LogP contribution in [0.3, 0.4) is 0 Å². The van der Waals surface area contributed by atoms with Gasteiger partial charge in [0.15, 0.2) is 0 Å². The average molecular weight is 234 g/mol.